The van der Waals surface area contributed by atoms with Gasteiger partial charge in [0.05, 0.1) is 13.2 Å². The highest BCUT2D eigenvalue weighted by molar-refractivity contribution is 5.94. The fraction of sp³-hybridized carbons (Fsp3) is 0.632. The van der Waals surface area contributed by atoms with Crippen molar-refractivity contribution in [1.82, 2.24) is 9.80 Å². The summed E-state index contributed by atoms with van der Waals surface area (Å²) in [5.74, 6) is 0.189. The molecule has 3 aliphatic heterocycles. The number of morpholine rings is 1. The second-order valence-electron chi connectivity index (χ2n) is 7.08. The summed E-state index contributed by atoms with van der Waals surface area (Å²) in [5.41, 5.74) is 2.00. The number of ether oxygens (including phenoxy) is 1. The summed E-state index contributed by atoms with van der Waals surface area (Å²) in [7, 11) is 0. The van der Waals surface area contributed by atoms with Gasteiger partial charge in [-0.1, -0.05) is 6.42 Å². The van der Waals surface area contributed by atoms with Crippen LogP contribution in [0.5, 0.6) is 0 Å². The number of nitrogens with zero attached hydrogens (tertiary/aromatic N) is 3. The molecule has 3 saturated heterocycles. The quantitative estimate of drug-likeness (QED) is 0.829. The van der Waals surface area contributed by atoms with Crippen molar-refractivity contribution in [2.75, 3.05) is 57.4 Å². The molecular weight excluding hydrogens is 302 g/mol. The summed E-state index contributed by atoms with van der Waals surface area (Å²) < 4.78 is 5.40. The van der Waals surface area contributed by atoms with E-state index in [0.717, 1.165) is 51.5 Å². The monoisotopic (exact) mass is 329 g/mol. The van der Waals surface area contributed by atoms with E-state index in [0.29, 0.717) is 6.04 Å². The van der Waals surface area contributed by atoms with Crippen molar-refractivity contribution in [3.8, 4) is 0 Å². The molecule has 24 heavy (non-hydrogen) atoms. The smallest absolute Gasteiger partial charge is 0.253 e. The van der Waals surface area contributed by atoms with E-state index in [9.17, 15) is 4.79 Å². The summed E-state index contributed by atoms with van der Waals surface area (Å²) in [4.78, 5) is 19.8. The molecule has 0 bridgehead atoms. The van der Waals surface area contributed by atoms with E-state index in [1.807, 2.05) is 12.1 Å². The number of anilines is 1. The molecular formula is C19H27N3O2. The topological polar surface area (TPSA) is 36.0 Å². The Kier molecular flexibility index (Phi) is 4.72. The Balaban J connectivity index is 1.40. The van der Waals surface area contributed by atoms with E-state index in [-0.39, 0.29) is 5.91 Å². The van der Waals surface area contributed by atoms with Crippen LogP contribution in [0.3, 0.4) is 0 Å². The molecule has 0 unspecified atom stereocenters. The number of hydrogen-bond acceptors (Lipinski definition) is 4. The van der Waals surface area contributed by atoms with Gasteiger partial charge in [0.1, 0.15) is 0 Å². The Morgan fingerprint density at radius 2 is 1.75 bits per heavy atom. The highest BCUT2D eigenvalue weighted by Crippen LogP contribution is 2.23. The van der Waals surface area contributed by atoms with Gasteiger partial charge in [-0.3, -0.25) is 9.69 Å². The molecule has 0 saturated carbocycles. The standard InChI is InChI=1S/C19H27N3O2/c23-19(22-10-9-20-8-2-1-3-18(20)15-22)16-4-6-17(7-5-16)21-11-13-24-14-12-21/h4-7,18H,1-3,8-15H2/t18-/m1/s1. The Labute approximate surface area is 144 Å². The lowest BCUT2D eigenvalue weighted by molar-refractivity contribution is 0.0372. The third-order valence-corrected chi connectivity index (χ3v) is 5.62. The molecule has 5 heteroatoms. The van der Waals surface area contributed by atoms with Gasteiger partial charge >= 0.3 is 0 Å². The predicted octanol–water partition coefficient (Wildman–Crippen LogP) is 1.83. The van der Waals surface area contributed by atoms with Crippen molar-refractivity contribution < 1.29 is 9.53 Å². The third kappa shape index (κ3) is 3.28. The van der Waals surface area contributed by atoms with Crippen LogP contribution in [0.25, 0.3) is 0 Å². The molecule has 4 rings (SSSR count). The number of rotatable bonds is 2. The molecule has 1 aromatic rings. The number of piperidine rings is 1. The Morgan fingerprint density at radius 1 is 0.958 bits per heavy atom. The molecule has 0 radical (unpaired) electrons. The van der Waals surface area contributed by atoms with Crippen LogP contribution in [0.1, 0.15) is 29.6 Å². The first kappa shape index (κ1) is 15.9. The van der Waals surface area contributed by atoms with Crippen molar-refractivity contribution in [2.24, 2.45) is 0 Å². The number of fused-ring (bicyclic) bond motifs is 1. The van der Waals surface area contributed by atoms with Gasteiger partial charge in [0.15, 0.2) is 0 Å². The van der Waals surface area contributed by atoms with Gasteiger partial charge in [0.25, 0.3) is 5.91 Å². The second kappa shape index (κ2) is 7.11. The van der Waals surface area contributed by atoms with E-state index < -0.39 is 0 Å². The Hall–Kier alpha value is -1.59. The van der Waals surface area contributed by atoms with Crippen LogP contribution in [0.2, 0.25) is 0 Å². The van der Waals surface area contributed by atoms with Crippen molar-refractivity contribution in [1.29, 1.82) is 0 Å². The molecule has 0 N–H and O–H groups in total. The zero-order chi connectivity index (χ0) is 16.4. The number of carbonyl (C=O) groups is 1. The number of carbonyl (C=O) groups excluding carboxylic acids is 1. The fourth-order valence-electron chi connectivity index (χ4n) is 4.16. The lowest BCUT2D eigenvalue weighted by Gasteiger charge is -2.44. The predicted molar refractivity (Wildman–Crippen MR) is 94.6 cm³/mol. The van der Waals surface area contributed by atoms with Crippen LogP contribution in [-0.4, -0.2) is 74.2 Å². The van der Waals surface area contributed by atoms with E-state index in [2.05, 4.69) is 26.8 Å². The van der Waals surface area contributed by atoms with Gasteiger partial charge < -0.3 is 14.5 Å². The van der Waals surface area contributed by atoms with Crippen LogP contribution in [0.15, 0.2) is 24.3 Å². The molecule has 0 aliphatic carbocycles. The summed E-state index contributed by atoms with van der Waals surface area (Å²) >= 11 is 0. The molecule has 0 aromatic heterocycles. The van der Waals surface area contributed by atoms with E-state index >= 15 is 0 Å². The molecule has 0 spiro atoms. The van der Waals surface area contributed by atoms with Crippen LogP contribution in [0, 0.1) is 0 Å². The first-order chi connectivity index (χ1) is 11.8. The average molecular weight is 329 g/mol. The SMILES string of the molecule is O=C(c1ccc(N2CCOCC2)cc1)N1CCN2CCCC[C@@H]2C1. The van der Waals surface area contributed by atoms with Crippen molar-refractivity contribution in [3.63, 3.8) is 0 Å². The third-order valence-electron chi connectivity index (χ3n) is 5.62. The zero-order valence-electron chi connectivity index (χ0n) is 14.3. The molecule has 130 valence electrons. The largest absolute Gasteiger partial charge is 0.378 e. The van der Waals surface area contributed by atoms with E-state index in [1.54, 1.807) is 0 Å². The van der Waals surface area contributed by atoms with Crippen LogP contribution in [-0.2, 0) is 4.74 Å². The molecule has 3 heterocycles. The minimum absolute atomic E-state index is 0.189. The normalized spacial score (nSPS) is 25.4. The molecule has 1 aromatic carbocycles. The first-order valence-corrected chi connectivity index (χ1v) is 9.27. The van der Waals surface area contributed by atoms with Gasteiger partial charge in [-0.2, -0.15) is 0 Å². The fourth-order valence-corrected chi connectivity index (χ4v) is 4.16. The van der Waals surface area contributed by atoms with Gasteiger partial charge in [-0.15, -0.1) is 0 Å². The molecule has 1 atom stereocenters. The van der Waals surface area contributed by atoms with E-state index in [4.69, 9.17) is 4.74 Å². The number of amides is 1. The highest BCUT2D eigenvalue weighted by atomic mass is 16.5. The van der Waals surface area contributed by atoms with Gasteiger partial charge in [0.2, 0.25) is 0 Å². The van der Waals surface area contributed by atoms with Crippen LogP contribution >= 0.6 is 0 Å². The summed E-state index contributed by atoms with van der Waals surface area (Å²) in [6.45, 7) is 7.42. The highest BCUT2D eigenvalue weighted by Gasteiger charge is 2.31. The minimum Gasteiger partial charge on any atom is -0.378 e. The first-order valence-electron chi connectivity index (χ1n) is 9.27. The molecule has 5 nitrogen and oxygen atoms in total. The molecule has 1 amide bonds. The lowest BCUT2D eigenvalue weighted by Crippen LogP contribution is -2.56. The molecule has 3 aliphatic rings. The summed E-state index contributed by atoms with van der Waals surface area (Å²) in [6.07, 6.45) is 3.85. The van der Waals surface area contributed by atoms with Gasteiger partial charge in [-0.05, 0) is 43.7 Å². The molecule has 3 fully saturated rings. The summed E-state index contributed by atoms with van der Waals surface area (Å²) in [6, 6.07) is 8.70. The minimum atomic E-state index is 0.189. The van der Waals surface area contributed by atoms with Crippen molar-refractivity contribution in [2.45, 2.75) is 25.3 Å². The van der Waals surface area contributed by atoms with Gasteiger partial charge in [-0.25, -0.2) is 0 Å². The number of hydrogen-bond donors (Lipinski definition) is 0. The van der Waals surface area contributed by atoms with Crippen LogP contribution < -0.4 is 4.90 Å². The average Bonchev–Trinajstić information content (AvgIpc) is 2.68. The lowest BCUT2D eigenvalue weighted by atomic mass is 9.99. The van der Waals surface area contributed by atoms with Gasteiger partial charge in [0, 0.05) is 50.0 Å². The summed E-state index contributed by atoms with van der Waals surface area (Å²) in [5, 5.41) is 0. The Bertz CT molecular complexity index is 568. The van der Waals surface area contributed by atoms with Crippen molar-refractivity contribution >= 4 is 11.6 Å². The Morgan fingerprint density at radius 3 is 2.54 bits per heavy atom. The number of benzene rings is 1. The maximum Gasteiger partial charge on any atom is 0.253 e. The number of piperazine rings is 1. The van der Waals surface area contributed by atoms with E-state index in [1.165, 1.54) is 31.5 Å². The maximum atomic E-state index is 12.8. The van der Waals surface area contributed by atoms with Crippen molar-refractivity contribution in [3.05, 3.63) is 29.8 Å². The second-order valence-corrected chi connectivity index (χ2v) is 7.08. The maximum absolute atomic E-state index is 12.8. The van der Waals surface area contributed by atoms with Crippen LogP contribution in [0.4, 0.5) is 5.69 Å². The zero-order valence-corrected chi connectivity index (χ0v) is 14.3.